The van der Waals surface area contributed by atoms with Crippen molar-refractivity contribution in [2.45, 2.75) is 69.5 Å². The maximum atomic E-state index is 13.2. The van der Waals surface area contributed by atoms with Gasteiger partial charge in [-0.15, -0.1) is 10.2 Å². The topological polar surface area (TPSA) is 67.1 Å². The highest BCUT2D eigenvalue weighted by atomic mass is 19.4. The lowest BCUT2D eigenvalue weighted by molar-refractivity contribution is -0.137. The van der Waals surface area contributed by atoms with E-state index in [1.165, 1.54) is 25.0 Å². The van der Waals surface area contributed by atoms with Crippen LogP contribution in [0.15, 0.2) is 29.3 Å². The molecule has 32 heavy (non-hydrogen) atoms. The molecule has 0 bridgehead atoms. The SMILES string of the molecule is CN=C(NCCc1nnc2n1CCCCC2)NCC1(c2cccc(C(F)(F)F)c2)CCC1. The fraction of sp³-hybridized carbons (Fsp3) is 0.609. The molecule has 6 nitrogen and oxygen atoms in total. The molecule has 9 heteroatoms. The first-order valence-electron chi connectivity index (χ1n) is 11.4. The van der Waals surface area contributed by atoms with E-state index >= 15 is 0 Å². The third-order valence-electron chi connectivity index (χ3n) is 6.76. The molecule has 1 saturated carbocycles. The fourth-order valence-corrected chi connectivity index (χ4v) is 4.69. The summed E-state index contributed by atoms with van der Waals surface area (Å²) >= 11 is 0. The molecule has 174 valence electrons. The molecule has 2 aromatic rings. The maximum absolute atomic E-state index is 13.2. The van der Waals surface area contributed by atoms with Gasteiger partial charge in [0.15, 0.2) is 5.96 Å². The molecule has 1 aromatic carbocycles. The van der Waals surface area contributed by atoms with Crippen molar-refractivity contribution in [3.63, 3.8) is 0 Å². The number of hydrogen-bond acceptors (Lipinski definition) is 3. The van der Waals surface area contributed by atoms with E-state index in [4.69, 9.17) is 0 Å². The number of nitrogens with one attached hydrogen (secondary N) is 2. The van der Waals surface area contributed by atoms with Crippen LogP contribution in [0.5, 0.6) is 0 Å². The Bertz CT molecular complexity index is 945. The normalized spacial score (nSPS) is 18.4. The van der Waals surface area contributed by atoms with Gasteiger partial charge in [-0.2, -0.15) is 13.2 Å². The van der Waals surface area contributed by atoms with Gasteiger partial charge in [0.2, 0.25) is 0 Å². The van der Waals surface area contributed by atoms with Gasteiger partial charge in [0.25, 0.3) is 0 Å². The van der Waals surface area contributed by atoms with Crippen molar-refractivity contribution in [1.82, 2.24) is 25.4 Å². The zero-order chi connectivity index (χ0) is 22.6. The van der Waals surface area contributed by atoms with Crippen LogP contribution >= 0.6 is 0 Å². The number of aromatic nitrogens is 3. The highest BCUT2D eigenvalue weighted by Crippen LogP contribution is 2.44. The van der Waals surface area contributed by atoms with E-state index in [0.29, 0.717) is 19.0 Å². The maximum Gasteiger partial charge on any atom is 0.416 e. The van der Waals surface area contributed by atoms with Crippen molar-refractivity contribution in [2.24, 2.45) is 4.99 Å². The smallest absolute Gasteiger partial charge is 0.356 e. The van der Waals surface area contributed by atoms with Crippen molar-refractivity contribution in [3.05, 3.63) is 47.0 Å². The van der Waals surface area contributed by atoms with Gasteiger partial charge in [0.05, 0.1) is 5.56 Å². The second-order valence-electron chi connectivity index (χ2n) is 8.81. The average molecular weight is 449 g/mol. The minimum Gasteiger partial charge on any atom is -0.356 e. The molecule has 2 aliphatic rings. The predicted octanol–water partition coefficient (Wildman–Crippen LogP) is 3.85. The lowest BCUT2D eigenvalue weighted by Gasteiger charge is -2.43. The number of halogens is 3. The Hall–Kier alpha value is -2.58. The van der Waals surface area contributed by atoms with Crippen LogP contribution in [0, 0.1) is 0 Å². The summed E-state index contributed by atoms with van der Waals surface area (Å²) in [5, 5.41) is 15.3. The van der Waals surface area contributed by atoms with Crippen LogP contribution in [-0.2, 0) is 31.0 Å². The van der Waals surface area contributed by atoms with E-state index in [-0.39, 0.29) is 5.41 Å². The van der Waals surface area contributed by atoms with Crippen molar-refractivity contribution in [2.75, 3.05) is 20.1 Å². The third kappa shape index (κ3) is 4.91. The number of benzene rings is 1. The van der Waals surface area contributed by atoms with E-state index in [1.807, 2.05) is 6.07 Å². The number of alkyl halides is 3. The number of aliphatic imine (C=N–C) groups is 1. The summed E-state index contributed by atoms with van der Waals surface area (Å²) in [5.41, 5.74) is -0.132. The summed E-state index contributed by atoms with van der Waals surface area (Å²) in [6.07, 6.45) is 3.70. The highest BCUT2D eigenvalue weighted by molar-refractivity contribution is 5.79. The van der Waals surface area contributed by atoms with Crippen LogP contribution in [0.1, 0.15) is 61.3 Å². The van der Waals surface area contributed by atoms with Crippen molar-refractivity contribution < 1.29 is 13.2 Å². The Morgan fingerprint density at radius 3 is 2.69 bits per heavy atom. The molecule has 2 N–H and O–H groups in total. The molecule has 0 spiro atoms. The van der Waals surface area contributed by atoms with E-state index in [1.54, 1.807) is 7.05 Å². The molecule has 1 aliphatic heterocycles. The first-order chi connectivity index (χ1) is 15.4. The van der Waals surface area contributed by atoms with Gasteiger partial charge in [-0.3, -0.25) is 4.99 Å². The van der Waals surface area contributed by atoms with Crippen LogP contribution < -0.4 is 10.6 Å². The number of rotatable bonds is 6. The molecular formula is C23H31F3N6. The Morgan fingerprint density at radius 2 is 1.97 bits per heavy atom. The first kappa shape index (κ1) is 22.6. The first-order valence-corrected chi connectivity index (χ1v) is 11.4. The largest absolute Gasteiger partial charge is 0.416 e. The Morgan fingerprint density at radius 1 is 1.12 bits per heavy atom. The van der Waals surface area contributed by atoms with Crippen LogP contribution in [0.3, 0.4) is 0 Å². The second-order valence-corrected chi connectivity index (χ2v) is 8.81. The molecular weight excluding hydrogens is 417 g/mol. The number of aryl methyl sites for hydroxylation is 1. The minimum absolute atomic E-state index is 0.288. The number of guanidine groups is 1. The molecule has 1 aromatic heterocycles. The standard InChI is InChI=1S/C23H31F3N6/c1-27-21(28-13-10-20-31-30-19-9-3-2-4-14-32(19)20)29-16-22(11-6-12-22)17-7-5-8-18(15-17)23(24,25)26/h5,7-8,15H,2-4,6,9-14,16H2,1H3,(H2,27,28,29). The molecule has 1 fully saturated rings. The lowest BCUT2D eigenvalue weighted by Crippen LogP contribution is -2.49. The van der Waals surface area contributed by atoms with Crippen molar-refractivity contribution in [3.8, 4) is 0 Å². The van der Waals surface area contributed by atoms with Gasteiger partial charge in [0.1, 0.15) is 11.6 Å². The van der Waals surface area contributed by atoms with Crippen LogP contribution in [-0.4, -0.2) is 40.9 Å². The van der Waals surface area contributed by atoms with Crippen LogP contribution in [0.2, 0.25) is 0 Å². The average Bonchev–Trinajstić information content (AvgIpc) is 2.97. The fourth-order valence-electron chi connectivity index (χ4n) is 4.69. The van der Waals surface area contributed by atoms with Gasteiger partial charge in [0, 0.05) is 44.9 Å². The minimum atomic E-state index is -4.33. The van der Waals surface area contributed by atoms with Crippen LogP contribution in [0.4, 0.5) is 13.2 Å². The monoisotopic (exact) mass is 448 g/mol. The molecule has 0 saturated heterocycles. The summed E-state index contributed by atoms with van der Waals surface area (Å²) in [6, 6.07) is 5.75. The third-order valence-corrected chi connectivity index (χ3v) is 6.76. The van der Waals surface area contributed by atoms with E-state index in [2.05, 4.69) is 30.4 Å². The van der Waals surface area contributed by atoms with Gasteiger partial charge in [-0.1, -0.05) is 31.0 Å². The molecule has 0 unspecified atom stereocenters. The van der Waals surface area contributed by atoms with Gasteiger partial charge in [-0.05, 0) is 37.3 Å². The lowest BCUT2D eigenvalue weighted by atomic mass is 9.64. The van der Waals surface area contributed by atoms with Gasteiger partial charge < -0.3 is 15.2 Å². The zero-order valence-corrected chi connectivity index (χ0v) is 18.5. The zero-order valence-electron chi connectivity index (χ0n) is 18.5. The van der Waals surface area contributed by atoms with E-state index < -0.39 is 11.7 Å². The molecule has 0 amide bonds. The predicted molar refractivity (Wildman–Crippen MR) is 118 cm³/mol. The summed E-state index contributed by atoms with van der Waals surface area (Å²) in [6.45, 7) is 2.19. The number of nitrogens with zero attached hydrogens (tertiary/aromatic N) is 4. The molecule has 0 atom stereocenters. The van der Waals surface area contributed by atoms with Crippen molar-refractivity contribution >= 4 is 5.96 Å². The molecule has 2 heterocycles. The highest BCUT2D eigenvalue weighted by Gasteiger charge is 2.40. The quantitative estimate of drug-likeness (QED) is 0.520. The number of hydrogen-bond donors (Lipinski definition) is 2. The van der Waals surface area contributed by atoms with Gasteiger partial charge in [-0.25, -0.2) is 0 Å². The van der Waals surface area contributed by atoms with Gasteiger partial charge >= 0.3 is 6.18 Å². The van der Waals surface area contributed by atoms with Crippen molar-refractivity contribution in [1.29, 1.82) is 0 Å². The van der Waals surface area contributed by atoms with E-state index in [9.17, 15) is 13.2 Å². The van der Waals surface area contributed by atoms with Crippen LogP contribution in [0.25, 0.3) is 0 Å². The summed E-state index contributed by atoms with van der Waals surface area (Å²) in [5.74, 6) is 2.72. The summed E-state index contributed by atoms with van der Waals surface area (Å²) < 4.78 is 41.8. The molecule has 0 radical (unpaired) electrons. The molecule has 4 rings (SSSR count). The number of fused-ring (bicyclic) bond motifs is 1. The molecule has 1 aliphatic carbocycles. The Balaban J connectivity index is 1.34. The summed E-state index contributed by atoms with van der Waals surface area (Å²) in [7, 11) is 1.70. The summed E-state index contributed by atoms with van der Waals surface area (Å²) in [4.78, 5) is 4.29. The Kier molecular flexibility index (Phi) is 6.71. The Labute approximate surface area is 186 Å². The second kappa shape index (κ2) is 9.50. The van der Waals surface area contributed by atoms with E-state index in [0.717, 1.165) is 68.3 Å².